The minimum Gasteiger partial charge on any atom is -0.310 e. The summed E-state index contributed by atoms with van der Waals surface area (Å²) < 4.78 is 5.68. The SMILES string of the molecule is CC(C)(C)c1ccc(N2c3nc([C@]45CC6C7CC8C[C@@H]6C(C4)[C@@H](C8)C7C5)cc4c3B(c3sc5ccc(C(C)(C)C)cc5c3N4c3ccc4c(c3)C(C)(C)CCC4(C)C)c3sc4ccc(C(C)(C)C)cc4c32)cc1. The summed E-state index contributed by atoms with van der Waals surface area (Å²) in [6, 6.07) is 35.1. The topological polar surface area (TPSA) is 19.4 Å². The fourth-order valence-corrected chi connectivity index (χ4v) is 20.3. The zero-order valence-electron chi connectivity index (χ0n) is 46.0. The van der Waals surface area contributed by atoms with Crippen molar-refractivity contribution >= 4 is 98.8 Å². The molecule has 8 aliphatic carbocycles. The molecule has 0 spiro atoms. The van der Waals surface area contributed by atoms with Gasteiger partial charge in [-0.1, -0.05) is 120 Å². The molecule has 0 N–H and O–H groups in total. The second-order valence-electron chi connectivity index (χ2n) is 29.7. The van der Waals surface area contributed by atoms with Crippen molar-refractivity contribution in [2.45, 2.75) is 174 Å². The van der Waals surface area contributed by atoms with Gasteiger partial charge in [0.05, 0.1) is 17.1 Å². The first-order valence-corrected chi connectivity index (χ1v) is 30.2. The van der Waals surface area contributed by atoms with Gasteiger partial charge in [-0.15, -0.1) is 22.7 Å². The Morgan fingerprint density at radius 3 is 1.52 bits per heavy atom. The van der Waals surface area contributed by atoms with Gasteiger partial charge in [0.15, 0.2) is 0 Å². The third-order valence-electron chi connectivity index (χ3n) is 21.5. The van der Waals surface area contributed by atoms with Gasteiger partial charge in [-0.05, 0) is 208 Å². The van der Waals surface area contributed by atoms with Crippen LogP contribution < -0.4 is 24.8 Å². The number of rotatable bonds is 3. The van der Waals surface area contributed by atoms with E-state index in [1.807, 2.05) is 11.3 Å². The van der Waals surface area contributed by atoms with Crippen molar-refractivity contribution in [1.29, 1.82) is 0 Å². The van der Waals surface area contributed by atoms with Gasteiger partial charge in [0.1, 0.15) is 5.82 Å². The van der Waals surface area contributed by atoms with Crippen molar-refractivity contribution in [3.63, 3.8) is 0 Å². The van der Waals surface area contributed by atoms with Crippen LogP contribution in [0.2, 0.25) is 0 Å². The van der Waals surface area contributed by atoms with Crippen LogP contribution in [0.15, 0.2) is 84.9 Å². The van der Waals surface area contributed by atoms with Crippen LogP contribution in [-0.2, 0) is 32.5 Å². The Kier molecular flexibility index (Phi) is 9.16. The molecular formula is C67H76BN3S2. The number of pyridine rings is 1. The van der Waals surface area contributed by atoms with Crippen LogP contribution in [-0.4, -0.2) is 11.7 Å². The van der Waals surface area contributed by atoms with Crippen LogP contribution in [0, 0.1) is 41.4 Å². The average molecular weight is 998 g/mol. The van der Waals surface area contributed by atoms with E-state index in [2.05, 4.69) is 196 Å². The van der Waals surface area contributed by atoms with Crippen LogP contribution in [0.5, 0.6) is 0 Å². The first-order valence-electron chi connectivity index (χ1n) is 28.5. The summed E-state index contributed by atoms with van der Waals surface area (Å²) >= 11 is 4.10. The standard InChI is InChI=1S/C67H76BN3S2/c1-62(2,3)37-14-18-40(19-15-37)71-58-46-30-39(64(7,8)9)17-23-54(46)73-60(58)68-56-52(32-55(69-61(56)71)67-33-47-42-26-36-27-43(47)49(35-67)44(28-36)48(42)34-67)70(41-20-21-50-51(31-41)66(12,13)25-24-65(50,10)11)57-45-29-38(63(4,5)6)16-22-53(45)72-59(57)68/h14-23,29-32,36,42-44,47-49H,24-28,33-35H2,1-13H3/t36?,42-,43-,44?,47?,48?,49?,67-/m1/s1. The molecule has 8 bridgehead atoms. The number of anilines is 6. The molecule has 3 nitrogen and oxygen atoms in total. The number of aromatic nitrogens is 1. The lowest BCUT2D eigenvalue weighted by Crippen LogP contribution is -2.66. The summed E-state index contributed by atoms with van der Waals surface area (Å²) in [5, 5.41) is 2.77. The van der Waals surface area contributed by atoms with Gasteiger partial charge in [0, 0.05) is 52.2 Å². The largest absolute Gasteiger partial charge is 0.310 e. The van der Waals surface area contributed by atoms with E-state index in [1.54, 1.807) is 0 Å². The Bertz CT molecular complexity index is 3450. The number of hydrogen-bond acceptors (Lipinski definition) is 5. The number of thiophene rings is 2. The third kappa shape index (κ3) is 6.32. The molecule has 0 atom stereocenters. The molecule has 6 heteroatoms. The summed E-state index contributed by atoms with van der Waals surface area (Å²) in [5.74, 6) is 7.59. The minimum absolute atomic E-state index is 0.0119. The van der Waals surface area contributed by atoms with E-state index in [0.717, 1.165) is 41.4 Å². The van der Waals surface area contributed by atoms with Crippen LogP contribution in [0.1, 0.15) is 175 Å². The predicted octanol–water partition coefficient (Wildman–Crippen LogP) is 16.8. The Balaban J connectivity index is 1.07. The van der Waals surface area contributed by atoms with Gasteiger partial charge in [-0.3, -0.25) is 4.90 Å². The van der Waals surface area contributed by atoms with Gasteiger partial charge in [-0.25, -0.2) is 4.98 Å². The summed E-state index contributed by atoms with van der Waals surface area (Å²) in [4.78, 5) is 12.0. The zero-order chi connectivity index (χ0) is 50.4. The molecule has 10 aliphatic rings. The molecule has 7 fully saturated rings. The molecule has 73 heavy (non-hydrogen) atoms. The first-order chi connectivity index (χ1) is 34.5. The summed E-state index contributed by atoms with van der Waals surface area (Å²) in [6.45, 7) is 31.4. The molecule has 17 rings (SSSR count). The molecule has 4 aromatic carbocycles. The molecule has 0 unspecified atom stereocenters. The fraction of sp³-hybridized carbons (Fsp3) is 0.507. The first kappa shape index (κ1) is 46.0. The second-order valence-corrected chi connectivity index (χ2v) is 31.8. The molecule has 0 saturated heterocycles. The maximum atomic E-state index is 6.44. The molecule has 374 valence electrons. The van der Waals surface area contributed by atoms with Crippen molar-refractivity contribution in [2.24, 2.45) is 41.4 Å². The van der Waals surface area contributed by atoms with E-state index < -0.39 is 0 Å². The highest BCUT2D eigenvalue weighted by molar-refractivity contribution is 7.40. The Morgan fingerprint density at radius 1 is 0.521 bits per heavy atom. The fourth-order valence-electron chi connectivity index (χ4n) is 17.6. The Hall–Kier alpha value is -4.39. The maximum Gasteiger partial charge on any atom is 0.279 e. The van der Waals surface area contributed by atoms with Crippen LogP contribution in [0.4, 0.5) is 34.3 Å². The lowest BCUT2D eigenvalue weighted by Gasteiger charge is -2.72. The lowest BCUT2D eigenvalue weighted by atomic mass is 9.32. The maximum absolute atomic E-state index is 6.44. The molecule has 7 saturated carbocycles. The van der Waals surface area contributed by atoms with E-state index in [1.165, 1.54) is 154 Å². The minimum atomic E-state index is 0.0119. The van der Waals surface area contributed by atoms with Gasteiger partial charge in [0.25, 0.3) is 6.71 Å². The number of benzene rings is 4. The van der Waals surface area contributed by atoms with Crippen molar-refractivity contribution in [1.82, 2.24) is 4.98 Å². The molecule has 2 aliphatic heterocycles. The molecular weight excluding hydrogens is 922 g/mol. The highest BCUT2D eigenvalue weighted by Gasteiger charge is 2.68. The van der Waals surface area contributed by atoms with Crippen LogP contribution in [0.3, 0.4) is 0 Å². The van der Waals surface area contributed by atoms with Crippen molar-refractivity contribution in [3.8, 4) is 0 Å². The van der Waals surface area contributed by atoms with E-state index in [9.17, 15) is 0 Å². The average Bonchev–Trinajstić information content (AvgIpc) is 3.92. The van der Waals surface area contributed by atoms with E-state index in [4.69, 9.17) is 4.98 Å². The lowest BCUT2D eigenvalue weighted by molar-refractivity contribution is -0.213. The molecule has 0 radical (unpaired) electrons. The van der Waals surface area contributed by atoms with Crippen molar-refractivity contribution in [3.05, 3.63) is 118 Å². The van der Waals surface area contributed by atoms with Crippen molar-refractivity contribution < 1.29 is 0 Å². The molecule has 7 aromatic rings. The highest BCUT2D eigenvalue weighted by Crippen LogP contribution is 2.74. The van der Waals surface area contributed by atoms with Crippen LogP contribution in [0.25, 0.3) is 20.2 Å². The van der Waals surface area contributed by atoms with E-state index >= 15 is 0 Å². The molecule has 0 amide bonds. The van der Waals surface area contributed by atoms with Crippen LogP contribution >= 0.6 is 22.7 Å². The summed E-state index contributed by atoms with van der Waals surface area (Å²) in [6.07, 6.45) is 10.9. The van der Waals surface area contributed by atoms with Gasteiger partial charge in [-0.2, -0.15) is 0 Å². The highest BCUT2D eigenvalue weighted by atomic mass is 32.1. The molecule has 3 aromatic heterocycles. The van der Waals surface area contributed by atoms with E-state index in [0.29, 0.717) is 0 Å². The van der Waals surface area contributed by atoms with Crippen molar-refractivity contribution in [2.75, 3.05) is 9.80 Å². The van der Waals surface area contributed by atoms with Gasteiger partial charge in [0.2, 0.25) is 0 Å². The Labute approximate surface area is 444 Å². The molecule has 5 heterocycles. The summed E-state index contributed by atoms with van der Waals surface area (Å²) in [5.41, 5.74) is 17.0. The number of nitrogens with zero attached hydrogens (tertiary/aromatic N) is 3. The normalized spacial score (nSPS) is 28.8. The summed E-state index contributed by atoms with van der Waals surface area (Å²) in [7, 11) is 0. The Morgan fingerprint density at radius 2 is 1.00 bits per heavy atom. The van der Waals surface area contributed by atoms with E-state index in [-0.39, 0.29) is 39.2 Å². The monoisotopic (exact) mass is 998 g/mol. The number of hydrogen-bond donors (Lipinski definition) is 0. The van der Waals surface area contributed by atoms with Gasteiger partial charge >= 0.3 is 0 Å². The smallest absolute Gasteiger partial charge is 0.279 e. The number of fused-ring (bicyclic) bond motifs is 9. The quantitative estimate of drug-likeness (QED) is 0.164. The van der Waals surface area contributed by atoms with Gasteiger partial charge < -0.3 is 4.90 Å². The zero-order valence-corrected chi connectivity index (χ0v) is 47.6. The third-order valence-corrected chi connectivity index (χ3v) is 23.9. The second kappa shape index (κ2) is 14.5. The predicted molar refractivity (Wildman–Crippen MR) is 314 cm³/mol.